The lowest BCUT2D eigenvalue weighted by atomic mass is 9.92. The first-order valence-corrected chi connectivity index (χ1v) is 12.4. The summed E-state index contributed by atoms with van der Waals surface area (Å²) in [5, 5.41) is 7.59. The fourth-order valence-corrected chi connectivity index (χ4v) is 5.06. The fourth-order valence-electron chi connectivity index (χ4n) is 5.06. The molecule has 8 nitrogen and oxygen atoms in total. The van der Waals surface area contributed by atoms with Gasteiger partial charge in [-0.2, -0.15) is 5.10 Å². The first-order valence-electron chi connectivity index (χ1n) is 12.4. The normalized spacial score (nSPS) is 21.0. The molecular formula is C26H34N4O4. The number of para-hydroxylation sites is 1. The molecule has 4 rings (SSSR count). The first kappa shape index (κ1) is 24.0. The van der Waals surface area contributed by atoms with Crippen molar-refractivity contribution in [2.45, 2.75) is 83.8 Å². The van der Waals surface area contributed by atoms with E-state index in [1.54, 1.807) is 18.7 Å². The molecule has 1 N–H and O–H groups in total. The molecule has 1 aromatic carbocycles. The van der Waals surface area contributed by atoms with E-state index in [1.807, 2.05) is 31.2 Å². The fraction of sp³-hybridized carbons (Fsp3) is 0.538. The minimum Gasteiger partial charge on any atom is -0.461 e. The van der Waals surface area contributed by atoms with Crippen LogP contribution in [0.2, 0.25) is 0 Å². The van der Waals surface area contributed by atoms with Crippen LogP contribution in [-0.4, -0.2) is 45.8 Å². The van der Waals surface area contributed by atoms with Crippen LogP contribution in [0.25, 0.3) is 0 Å². The predicted molar refractivity (Wildman–Crippen MR) is 129 cm³/mol. The van der Waals surface area contributed by atoms with Crippen molar-refractivity contribution in [2.75, 3.05) is 11.5 Å². The molecule has 2 aliphatic rings. The summed E-state index contributed by atoms with van der Waals surface area (Å²) >= 11 is 0. The standard InChI is InChI=1S/C26H34N4O4/c1-4-18-12-10-11-15-21(18)30-23(31)22-16-20(24(32)34-5-2)28-29(22)17-26(30,3)25(33)27-19-13-8-6-7-9-14-19/h10-12,15-16,19H,4-9,13-14,17H2,1-3H3,(H,27,33)/t26-/m0/s1. The van der Waals surface area contributed by atoms with Crippen molar-refractivity contribution >= 4 is 23.5 Å². The van der Waals surface area contributed by atoms with E-state index in [0.29, 0.717) is 12.1 Å². The number of nitrogens with one attached hydrogen (secondary N) is 1. The second kappa shape index (κ2) is 9.99. The number of aryl methyl sites for hydroxylation is 1. The number of hydrogen-bond acceptors (Lipinski definition) is 5. The quantitative estimate of drug-likeness (QED) is 0.515. The Hall–Kier alpha value is -3.16. The molecule has 2 amide bonds. The number of fused-ring (bicyclic) bond motifs is 1. The van der Waals surface area contributed by atoms with Crippen LogP contribution in [0, 0.1) is 0 Å². The van der Waals surface area contributed by atoms with Crippen molar-refractivity contribution in [1.29, 1.82) is 0 Å². The number of rotatable bonds is 6. The molecule has 1 aromatic heterocycles. The Morgan fingerprint density at radius 1 is 1.15 bits per heavy atom. The van der Waals surface area contributed by atoms with Crippen molar-refractivity contribution in [3.05, 3.63) is 47.3 Å². The SMILES string of the molecule is CCOC(=O)c1cc2n(n1)C[C@@](C)(C(=O)NC1CCCCCC1)N(c1ccccc1CC)C2=O. The van der Waals surface area contributed by atoms with Gasteiger partial charge in [0.25, 0.3) is 5.91 Å². The summed E-state index contributed by atoms with van der Waals surface area (Å²) in [5.41, 5.74) is 0.817. The number of carbonyl (C=O) groups is 3. The Bertz CT molecular complexity index is 1070. The Balaban J connectivity index is 1.76. The van der Waals surface area contributed by atoms with Crippen LogP contribution in [0.4, 0.5) is 5.69 Å². The molecule has 8 heteroatoms. The third kappa shape index (κ3) is 4.45. The van der Waals surface area contributed by atoms with Crippen molar-refractivity contribution < 1.29 is 19.1 Å². The number of ether oxygens (including phenoxy) is 1. The van der Waals surface area contributed by atoms with Crippen molar-refractivity contribution in [2.24, 2.45) is 0 Å². The summed E-state index contributed by atoms with van der Waals surface area (Å²) < 4.78 is 6.56. The smallest absolute Gasteiger partial charge is 0.358 e. The minimum absolute atomic E-state index is 0.0716. The molecule has 2 heterocycles. The Morgan fingerprint density at radius 2 is 1.85 bits per heavy atom. The number of carbonyl (C=O) groups excluding carboxylic acids is 3. The molecule has 0 spiro atoms. The molecule has 2 aromatic rings. The van der Waals surface area contributed by atoms with E-state index in [2.05, 4.69) is 10.4 Å². The van der Waals surface area contributed by atoms with Gasteiger partial charge in [0.1, 0.15) is 11.2 Å². The van der Waals surface area contributed by atoms with Crippen LogP contribution in [0.5, 0.6) is 0 Å². The van der Waals surface area contributed by atoms with Crippen LogP contribution in [0.1, 0.15) is 85.8 Å². The molecule has 0 bridgehead atoms. The van der Waals surface area contributed by atoms with Crippen LogP contribution in [0.3, 0.4) is 0 Å². The maximum absolute atomic E-state index is 13.9. The van der Waals surface area contributed by atoms with E-state index in [-0.39, 0.29) is 42.4 Å². The van der Waals surface area contributed by atoms with Gasteiger partial charge in [-0.25, -0.2) is 4.79 Å². The van der Waals surface area contributed by atoms with Gasteiger partial charge in [-0.1, -0.05) is 50.8 Å². The largest absolute Gasteiger partial charge is 0.461 e. The lowest BCUT2D eigenvalue weighted by Crippen LogP contribution is -2.65. The van der Waals surface area contributed by atoms with Gasteiger partial charge in [-0.05, 0) is 44.7 Å². The molecule has 1 aliphatic heterocycles. The molecule has 34 heavy (non-hydrogen) atoms. The van der Waals surface area contributed by atoms with Gasteiger partial charge < -0.3 is 10.1 Å². The maximum Gasteiger partial charge on any atom is 0.358 e. The second-order valence-corrected chi connectivity index (χ2v) is 9.35. The lowest BCUT2D eigenvalue weighted by Gasteiger charge is -2.44. The molecule has 0 unspecified atom stereocenters. The van der Waals surface area contributed by atoms with Gasteiger partial charge >= 0.3 is 5.97 Å². The molecule has 1 atom stereocenters. The average molecular weight is 467 g/mol. The van der Waals surface area contributed by atoms with Gasteiger partial charge in [-0.3, -0.25) is 19.2 Å². The van der Waals surface area contributed by atoms with E-state index >= 15 is 0 Å². The number of amides is 2. The summed E-state index contributed by atoms with van der Waals surface area (Å²) in [5.74, 6) is -1.13. The van der Waals surface area contributed by atoms with E-state index in [9.17, 15) is 14.4 Å². The van der Waals surface area contributed by atoms with Gasteiger partial charge in [0, 0.05) is 17.8 Å². The molecule has 1 aliphatic carbocycles. The van der Waals surface area contributed by atoms with E-state index in [4.69, 9.17) is 4.74 Å². The zero-order valence-corrected chi connectivity index (χ0v) is 20.3. The van der Waals surface area contributed by atoms with Crippen LogP contribution in [0.15, 0.2) is 30.3 Å². The van der Waals surface area contributed by atoms with Crippen molar-refractivity contribution in [1.82, 2.24) is 15.1 Å². The number of benzene rings is 1. The summed E-state index contributed by atoms with van der Waals surface area (Å²) in [6.45, 7) is 5.89. The molecule has 1 saturated carbocycles. The highest BCUT2D eigenvalue weighted by atomic mass is 16.5. The van der Waals surface area contributed by atoms with Gasteiger partial charge in [-0.15, -0.1) is 0 Å². The lowest BCUT2D eigenvalue weighted by molar-refractivity contribution is -0.127. The Kier molecular flexibility index (Phi) is 7.05. The molecule has 1 fully saturated rings. The third-order valence-corrected chi connectivity index (χ3v) is 6.93. The second-order valence-electron chi connectivity index (χ2n) is 9.35. The topological polar surface area (TPSA) is 93.5 Å². The number of hydrogen-bond donors (Lipinski definition) is 1. The Morgan fingerprint density at radius 3 is 2.53 bits per heavy atom. The molecular weight excluding hydrogens is 432 g/mol. The van der Waals surface area contributed by atoms with Gasteiger partial charge in [0.05, 0.1) is 13.2 Å². The van der Waals surface area contributed by atoms with E-state index < -0.39 is 11.5 Å². The highest BCUT2D eigenvalue weighted by molar-refractivity contribution is 6.12. The van der Waals surface area contributed by atoms with E-state index in [1.165, 1.54) is 23.6 Å². The highest BCUT2D eigenvalue weighted by Crippen LogP contribution is 2.35. The zero-order chi connectivity index (χ0) is 24.3. The maximum atomic E-state index is 13.9. The molecule has 0 radical (unpaired) electrons. The number of nitrogens with zero attached hydrogens (tertiary/aromatic N) is 3. The van der Waals surface area contributed by atoms with Crippen LogP contribution >= 0.6 is 0 Å². The summed E-state index contributed by atoms with van der Waals surface area (Å²) in [6, 6.07) is 9.22. The zero-order valence-electron chi connectivity index (χ0n) is 20.3. The van der Waals surface area contributed by atoms with Crippen LogP contribution < -0.4 is 10.2 Å². The third-order valence-electron chi connectivity index (χ3n) is 6.93. The van der Waals surface area contributed by atoms with Gasteiger partial charge in [0.15, 0.2) is 5.69 Å². The van der Waals surface area contributed by atoms with Gasteiger partial charge in [0.2, 0.25) is 5.91 Å². The highest BCUT2D eigenvalue weighted by Gasteiger charge is 2.50. The summed E-state index contributed by atoms with van der Waals surface area (Å²) in [4.78, 5) is 41.6. The number of anilines is 1. The minimum atomic E-state index is -1.21. The average Bonchev–Trinajstić information content (AvgIpc) is 3.08. The number of esters is 1. The monoisotopic (exact) mass is 466 g/mol. The van der Waals surface area contributed by atoms with Crippen LogP contribution in [-0.2, 0) is 22.5 Å². The summed E-state index contributed by atoms with van der Waals surface area (Å²) in [6.07, 6.45) is 7.16. The number of aromatic nitrogens is 2. The Labute approximate surface area is 200 Å². The van der Waals surface area contributed by atoms with Crippen molar-refractivity contribution in [3.8, 4) is 0 Å². The molecule has 182 valence electrons. The first-order chi connectivity index (χ1) is 16.4. The van der Waals surface area contributed by atoms with Crippen molar-refractivity contribution in [3.63, 3.8) is 0 Å². The predicted octanol–water partition coefficient (Wildman–Crippen LogP) is 3.88. The van der Waals surface area contributed by atoms with E-state index in [0.717, 1.165) is 31.2 Å². The summed E-state index contributed by atoms with van der Waals surface area (Å²) in [7, 11) is 0. The molecule has 0 saturated heterocycles.